The van der Waals surface area contributed by atoms with Crippen LogP contribution in [0.15, 0.2) is 94.9 Å². The summed E-state index contributed by atoms with van der Waals surface area (Å²) in [4.78, 5) is 9.19. The SMILES string of the molecule is O=S(=O)(c1ccccc1)c1nc2ccccc2nc1C=Cc1ccccc1. The van der Waals surface area contributed by atoms with Gasteiger partial charge in [0.2, 0.25) is 9.84 Å². The maximum absolute atomic E-state index is 13.2. The van der Waals surface area contributed by atoms with Crippen LogP contribution in [0.2, 0.25) is 0 Å². The van der Waals surface area contributed by atoms with Crippen molar-refractivity contribution in [1.29, 1.82) is 0 Å². The number of aromatic nitrogens is 2. The minimum absolute atomic E-state index is 0.0421. The minimum atomic E-state index is -3.79. The van der Waals surface area contributed by atoms with Crippen molar-refractivity contribution < 1.29 is 8.42 Å². The zero-order valence-corrected chi connectivity index (χ0v) is 15.2. The Morgan fingerprint density at radius 1 is 0.630 bits per heavy atom. The van der Waals surface area contributed by atoms with E-state index in [0.29, 0.717) is 16.7 Å². The molecular weight excluding hydrogens is 356 g/mol. The van der Waals surface area contributed by atoms with E-state index in [9.17, 15) is 8.42 Å². The second kappa shape index (κ2) is 7.13. The van der Waals surface area contributed by atoms with Gasteiger partial charge in [0, 0.05) is 0 Å². The van der Waals surface area contributed by atoms with Gasteiger partial charge in [0.15, 0.2) is 5.03 Å². The predicted molar refractivity (Wildman–Crippen MR) is 107 cm³/mol. The lowest BCUT2D eigenvalue weighted by atomic mass is 10.2. The maximum Gasteiger partial charge on any atom is 0.226 e. The molecule has 3 aromatic carbocycles. The number of hydrogen-bond acceptors (Lipinski definition) is 4. The van der Waals surface area contributed by atoms with E-state index in [0.717, 1.165) is 5.56 Å². The zero-order chi connectivity index (χ0) is 18.7. The van der Waals surface area contributed by atoms with Gasteiger partial charge in [-0.3, -0.25) is 0 Å². The first-order valence-corrected chi connectivity index (χ1v) is 9.93. The molecule has 0 aliphatic rings. The van der Waals surface area contributed by atoms with Crippen LogP contribution in [0.1, 0.15) is 11.3 Å². The monoisotopic (exact) mass is 372 g/mol. The Morgan fingerprint density at radius 2 is 1.19 bits per heavy atom. The average Bonchev–Trinajstić information content (AvgIpc) is 2.73. The molecule has 4 nitrogen and oxygen atoms in total. The van der Waals surface area contributed by atoms with Crippen LogP contribution in [0.25, 0.3) is 23.2 Å². The quantitative estimate of drug-likeness (QED) is 0.524. The highest BCUT2D eigenvalue weighted by atomic mass is 32.2. The molecule has 0 aliphatic carbocycles. The average molecular weight is 372 g/mol. The number of rotatable bonds is 4. The molecule has 5 heteroatoms. The van der Waals surface area contributed by atoms with Crippen molar-refractivity contribution in [1.82, 2.24) is 9.97 Å². The number of hydrogen-bond donors (Lipinski definition) is 0. The van der Waals surface area contributed by atoms with E-state index < -0.39 is 9.84 Å². The maximum atomic E-state index is 13.2. The van der Waals surface area contributed by atoms with Crippen LogP contribution in [-0.2, 0) is 9.84 Å². The lowest BCUT2D eigenvalue weighted by molar-refractivity contribution is 0.592. The number of para-hydroxylation sites is 2. The highest BCUT2D eigenvalue weighted by Crippen LogP contribution is 2.25. The van der Waals surface area contributed by atoms with Crippen LogP contribution in [-0.4, -0.2) is 18.4 Å². The van der Waals surface area contributed by atoms with Gasteiger partial charge < -0.3 is 0 Å². The van der Waals surface area contributed by atoms with Crippen molar-refractivity contribution in [2.75, 3.05) is 0 Å². The summed E-state index contributed by atoms with van der Waals surface area (Å²) in [6.45, 7) is 0. The molecule has 1 heterocycles. The van der Waals surface area contributed by atoms with Gasteiger partial charge in [-0.05, 0) is 35.9 Å². The van der Waals surface area contributed by atoms with Crippen LogP contribution in [0.5, 0.6) is 0 Å². The first-order valence-electron chi connectivity index (χ1n) is 8.45. The number of benzene rings is 3. The molecule has 0 N–H and O–H groups in total. The van der Waals surface area contributed by atoms with E-state index >= 15 is 0 Å². The third kappa shape index (κ3) is 3.50. The highest BCUT2D eigenvalue weighted by Gasteiger charge is 2.23. The number of nitrogens with zero attached hydrogens (tertiary/aromatic N) is 2. The fourth-order valence-corrected chi connectivity index (χ4v) is 4.10. The van der Waals surface area contributed by atoms with E-state index in [2.05, 4.69) is 9.97 Å². The first kappa shape index (κ1) is 17.1. The third-order valence-electron chi connectivity index (χ3n) is 4.11. The van der Waals surface area contributed by atoms with Gasteiger partial charge >= 0.3 is 0 Å². The summed E-state index contributed by atoms with van der Waals surface area (Å²) in [5.74, 6) is 0. The minimum Gasteiger partial charge on any atom is -0.244 e. The Bertz CT molecular complexity index is 1220. The summed E-state index contributed by atoms with van der Waals surface area (Å²) in [5.41, 5.74) is 2.47. The molecule has 0 saturated carbocycles. The summed E-state index contributed by atoms with van der Waals surface area (Å²) >= 11 is 0. The molecular formula is C22H16N2O2S. The molecule has 0 bridgehead atoms. The van der Waals surface area contributed by atoms with Gasteiger partial charge in [0.25, 0.3) is 0 Å². The van der Waals surface area contributed by atoms with Crippen LogP contribution in [0, 0.1) is 0 Å². The highest BCUT2D eigenvalue weighted by molar-refractivity contribution is 7.91. The van der Waals surface area contributed by atoms with Crippen molar-refractivity contribution in [3.63, 3.8) is 0 Å². The molecule has 0 saturated heterocycles. The van der Waals surface area contributed by atoms with Gasteiger partial charge in [-0.2, -0.15) is 0 Å². The molecule has 27 heavy (non-hydrogen) atoms. The fourth-order valence-electron chi connectivity index (χ4n) is 2.75. The smallest absolute Gasteiger partial charge is 0.226 e. The van der Waals surface area contributed by atoms with Crippen molar-refractivity contribution in [2.45, 2.75) is 9.92 Å². The third-order valence-corrected chi connectivity index (χ3v) is 5.81. The van der Waals surface area contributed by atoms with Gasteiger partial charge in [-0.15, -0.1) is 0 Å². The standard InChI is InChI=1S/C22H16N2O2S/c25-27(26,18-11-5-2-6-12-18)22-21(16-15-17-9-3-1-4-10-17)23-19-13-7-8-14-20(19)24-22/h1-16H. The molecule has 0 amide bonds. The van der Waals surface area contributed by atoms with Gasteiger partial charge in [0.05, 0.1) is 15.9 Å². The normalized spacial score (nSPS) is 11.9. The molecule has 1 aromatic heterocycles. The number of sulfone groups is 1. The topological polar surface area (TPSA) is 59.9 Å². The van der Waals surface area contributed by atoms with Crippen molar-refractivity contribution >= 4 is 33.0 Å². The molecule has 4 rings (SSSR count). The van der Waals surface area contributed by atoms with E-state index in [1.54, 1.807) is 42.5 Å². The van der Waals surface area contributed by atoms with Gasteiger partial charge in [-0.25, -0.2) is 18.4 Å². The summed E-state index contributed by atoms with van der Waals surface area (Å²) < 4.78 is 26.3. The molecule has 0 aliphatic heterocycles. The molecule has 4 aromatic rings. The van der Waals surface area contributed by atoms with Crippen LogP contribution >= 0.6 is 0 Å². The molecule has 0 fully saturated rings. The Hall–Kier alpha value is -3.31. The molecule has 0 radical (unpaired) electrons. The van der Waals surface area contributed by atoms with Crippen LogP contribution in [0.3, 0.4) is 0 Å². The molecule has 0 atom stereocenters. The lowest BCUT2D eigenvalue weighted by Crippen LogP contribution is -2.08. The zero-order valence-electron chi connectivity index (χ0n) is 14.4. The van der Waals surface area contributed by atoms with E-state index in [1.165, 1.54) is 0 Å². The first-order chi connectivity index (χ1) is 13.1. The Labute approximate surface area is 157 Å². The summed E-state index contributed by atoms with van der Waals surface area (Å²) in [6.07, 6.45) is 3.54. The molecule has 0 spiro atoms. The van der Waals surface area contributed by atoms with Crippen LogP contribution < -0.4 is 0 Å². The van der Waals surface area contributed by atoms with E-state index in [-0.39, 0.29) is 9.92 Å². The van der Waals surface area contributed by atoms with E-state index in [1.807, 2.05) is 54.6 Å². The molecule has 0 unspecified atom stereocenters. The Balaban J connectivity index is 1.91. The van der Waals surface area contributed by atoms with E-state index in [4.69, 9.17) is 0 Å². The van der Waals surface area contributed by atoms with Gasteiger partial charge in [-0.1, -0.05) is 66.7 Å². The second-order valence-electron chi connectivity index (χ2n) is 5.96. The lowest BCUT2D eigenvalue weighted by Gasteiger charge is -2.08. The summed E-state index contributed by atoms with van der Waals surface area (Å²) in [7, 11) is -3.79. The summed E-state index contributed by atoms with van der Waals surface area (Å²) in [5, 5.41) is -0.0421. The Morgan fingerprint density at radius 3 is 1.85 bits per heavy atom. The summed E-state index contributed by atoms with van der Waals surface area (Å²) in [6, 6.07) is 25.2. The largest absolute Gasteiger partial charge is 0.244 e. The van der Waals surface area contributed by atoms with Crippen molar-refractivity contribution in [3.05, 3.63) is 96.2 Å². The Kier molecular flexibility index (Phi) is 4.52. The fraction of sp³-hybridized carbons (Fsp3) is 0. The van der Waals surface area contributed by atoms with Gasteiger partial charge in [0.1, 0.15) is 5.69 Å². The van der Waals surface area contributed by atoms with Crippen molar-refractivity contribution in [3.8, 4) is 0 Å². The van der Waals surface area contributed by atoms with Crippen LogP contribution in [0.4, 0.5) is 0 Å². The predicted octanol–water partition coefficient (Wildman–Crippen LogP) is 4.63. The van der Waals surface area contributed by atoms with Crippen molar-refractivity contribution in [2.24, 2.45) is 0 Å². The molecule has 132 valence electrons. The second-order valence-corrected chi connectivity index (χ2v) is 7.83. The number of fused-ring (bicyclic) bond motifs is 1.